The zero-order valence-corrected chi connectivity index (χ0v) is 17.8. The van der Waals surface area contributed by atoms with E-state index in [-0.39, 0.29) is 5.91 Å². The van der Waals surface area contributed by atoms with Crippen LogP contribution in [0.5, 0.6) is 0 Å². The van der Waals surface area contributed by atoms with Crippen molar-refractivity contribution < 1.29 is 4.79 Å². The van der Waals surface area contributed by atoms with Crippen molar-refractivity contribution in [1.82, 2.24) is 14.9 Å². The molecule has 1 aliphatic rings. The summed E-state index contributed by atoms with van der Waals surface area (Å²) < 4.78 is 0. The van der Waals surface area contributed by atoms with Crippen LogP contribution in [0.4, 0.5) is 5.95 Å². The van der Waals surface area contributed by atoms with Gasteiger partial charge in [-0.3, -0.25) is 9.69 Å². The summed E-state index contributed by atoms with van der Waals surface area (Å²) in [6.45, 7) is 2.87. The Hall–Kier alpha value is -3.77. The Morgan fingerprint density at radius 2 is 1.41 bits per heavy atom. The van der Waals surface area contributed by atoms with Crippen LogP contribution < -0.4 is 10.6 Å². The highest BCUT2D eigenvalue weighted by molar-refractivity contribution is 5.93. The highest BCUT2D eigenvalue weighted by Crippen LogP contribution is 2.29. The lowest BCUT2D eigenvalue weighted by Gasteiger charge is -2.38. The Balaban J connectivity index is 1.42. The van der Waals surface area contributed by atoms with E-state index in [4.69, 9.17) is 15.7 Å². The Labute approximate surface area is 187 Å². The summed E-state index contributed by atoms with van der Waals surface area (Å²) in [5.74, 6) is 0.399. The minimum Gasteiger partial charge on any atom is -0.368 e. The number of para-hydroxylation sites is 1. The number of nitrogens with two attached hydrogens (primary N) is 1. The third-order valence-corrected chi connectivity index (χ3v) is 5.99. The van der Waals surface area contributed by atoms with Crippen LogP contribution in [0.15, 0.2) is 84.9 Å². The lowest BCUT2D eigenvalue weighted by atomic mass is 10.0. The molecular formula is C26H25N5O. The first-order chi connectivity index (χ1) is 15.7. The first-order valence-corrected chi connectivity index (χ1v) is 10.9. The molecule has 1 aromatic heterocycles. The van der Waals surface area contributed by atoms with Crippen LogP contribution in [0.3, 0.4) is 0 Å². The molecule has 0 bridgehead atoms. The van der Waals surface area contributed by atoms with Crippen molar-refractivity contribution in [3.8, 4) is 11.3 Å². The number of aromatic nitrogens is 2. The second kappa shape index (κ2) is 8.77. The van der Waals surface area contributed by atoms with Crippen LogP contribution in [0.25, 0.3) is 22.2 Å². The molecule has 2 N–H and O–H groups in total. The number of piperazine rings is 1. The molecule has 0 aliphatic carbocycles. The second-order valence-electron chi connectivity index (χ2n) is 7.99. The van der Waals surface area contributed by atoms with Gasteiger partial charge >= 0.3 is 0 Å². The highest BCUT2D eigenvalue weighted by Gasteiger charge is 2.29. The average Bonchev–Trinajstić information content (AvgIpc) is 2.85. The van der Waals surface area contributed by atoms with E-state index < -0.39 is 6.04 Å². The van der Waals surface area contributed by atoms with Gasteiger partial charge in [0.1, 0.15) is 6.04 Å². The van der Waals surface area contributed by atoms with Gasteiger partial charge in [0, 0.05) is 37.1 Å². The predicted molar refractivity (Wildman–Crippen MR) is 127 cm³/mol. The van der Waals surface area contributed by atoms with Crippen molar-refractivity contribution in [3.63, 3.8) is 0 Å². The van der Waals surface area contributed by atoms with E-state index in [9.17, 15) is 4.79 Å². The molecule has 1 atom stereocenters. The van der Waals surface area contributed by atoms with Gasteiger partial charge in [-0.25, -0.2) is 9.97 Å². The molecule has 1 aliphatic heterocycles. The standard InChI is InChI=1S/C26H25N5O/c27-25(32)24(20-11-5-2-6-12-20)30-15-17-31(18-16-30)26-28-22-14-8-7-13-21(22)23(29-26)19-9-3-1-4-10-19/h1-14,24H,15-18H2,(H2,27,32)/t24-/m1/s1. The quantitative estimate of drug-likeness (QED) is 0.530. The fourth-order valence-electron chi connectivity index (χ4n) is 4.39. The molecule has 6 heteroatoms. The maximum Gasteiger partial charge on any atom is 0.239 e. The number of carbonyl (C=O) groups excluding carboxylic acids is 1. The number of carbonyl (C=O) groups is 1. The summed E-state index contributed by atoms with van der Waals surface area (Å²) in [4.78, 5) is 26.4. The fraction of sp³-hybridized carbons (Fsp3) is 0.192. The number of benzene rings is 3. The average molecular weight is 424 g/mol. The van der Waals surface area contributed by atoms with Gasteiger partial charge < -0.3 is 10.6 Å². The van der Waals surface area contributed by atoms with Gasteiger partial charge in [-0.1, -0.05) is 78.9 Å². The van der Waals surface area contributed by atoms with Crippen molar-refractivity contribution in [3.05, 3.63) is 90.5 Å². The summed E-state index contributed by atoms with van der Waals surface area (Å²) in [7, 11) is 0. The van der Waals surface area contributed by atoms with Gasteiger partial charge in [-0.15, -0.1) is 0 Å². The summed E-state index contributed by atoms with van der Waals surface area (Å²) in [5.41, 5.74) is 9.64. The smallest absolute Gasteiger partial charge is 0.239 e. The minimum atomic E-state index is -0.421. The van der Waals surface area contributed by atoms with Crippen LogP contribution >= 0.6 is 0 Å². The van der Waals surface area contributed by atoms with Gasteiger partial charge in [-0.2, -0.15) is 0 Å². The van der Waals surface area contributed by atoms with Crippen LogP contribution in [0.1, 0.15) is 11.6 Å². The van der Waals surface area contributed by atoms with Crippen molar-refractivity contribution in [2.75, 3.05) is 31.1 Å². The molecule has 0 radical (unpaired) electrons. The maximum atomic E-state index is 12.2. The first kappa shape index (κ1) is 20.2. The minimum absolute atomic E-state index is 0.321. The molecule has 0 spiro atoms. The second-order valence-corrected chi connectivity index (χ2v) is 7.99. The van der Waals surface area contributed by atoms with Crippen molar-refractivity contribution in [2.24, 2.45) is 5.73 Å². The van der Waals surface area contributed by atoms with Crippen LogP contribution in [0.2, 0.25) is 0 Å². The normalized spacial score (nSPS) is 15.6. The molecule has 1 fully saturated rings. The number of hydrogen-bond donors (Lipinski definition) is 1. The Kier molecular flexibility index (Phi) is 5.52. The summed E-state index contributed by atoms with van der Waals surface area (Å²) in [5, 5.41) is 1.04. The number of primary amides is 1. The van der Waals surface area contributed by atoms with E-state index >= 15 is 0 Å². The van der Waals surface area contributed by atoms with Crippen molar-refractivity contribution in [2.45, 2.75) is 6.04 Å². The molecule has 32 heavy (non-hydrogen) atoms. The Bertz CT molecular complexity index is 1220. The van der Waals surface area contributed by atoms with Crippen LogP contribution in [-0.2, 0) is 4.79 Å². The molecule has 3 aromatic carbocycles. The maximum absolute atomic E-state index is 12.2. The third-order valence-electron chi connectivity index (χ3n) is 5.99. The van der Waals surface area contributed by atoms with Gasteiger partial charge in [0.25, 0.3) is 0 Å². The number of nitrogens with zero attached hydrogens (tertiary/aromatic N) is 4. The molecule has 4 aromatic rings. The monoisotopic (exact) mass is 423 g/mol. The van der Waals surface area contributed by atoms with Crippen molar-refractivity contribution in [1.29, 1.82) is 0 Å². The molecule has 2 heterocycles. The third kappa shape index (κ3) is 3.92. The molecule has 0 unspecified atom stereocenters. The number of anilines is 1. The van der Waals surface area contributed by atoms with Crippen LogP contribution in [0, 0.1) is 0 Å². The van der Waals surface area contributed by atoms with Gasteiger partial charge in [0.2, 0.25) is 11.9 Å². The summed E-state index contributed by atoms with van der Waals surface area (Å²) >= 11 is 0. The summed E-state index contributed by atoms with van der Waals surface area (Å²) in [6.07, 6.45) is 0. The topological polar surface area (TPSA) is 75.4 Å². The van der Waals surface area contributed by atoms with Gasteiger partial charge in [-0.05, 0) is 11.6 Å². The van der Waals surface area contributed by atoms with E-state index in [1.54, 1.807) is 0 Å². The van der Waals surface area contributed by atoms with E-state index in [1.807, 2.05) is 66.7 Å². The Morgan fingerprint density at radius 3 is 2.09 bits per heavy atom. The molecule has 1 saturated heterocycles. The Morgan fingerprint density at radius 1 is 0.781 bits per heavy atom. The largest absolute Gasteiger partial charge is 0.368 e. The van der Waals surface area contributed by atoms with E-state index in [2.05, 4.69) is 28.0 Å². The number of rotatable bonds is 5. The predicted octanol–water partition coefficient (Wildman–Crippen LogP) is 3.65. The summed E-state index contributed by atoms with van der Waals surface area (Å²) in [6, 6.07) is 27.7. The van der Waals surface area contributed by atoms with E-state index in [0.29, 0.717) is 13.1 Å². The number of amides is 1. The molecule has 1 amide bonds. The van der Waals surface area contributed by atoms with Gasteiger partial charge in [0.15, 0.2) is 0 Å². The lowest BCUT2D eigenvalue weighted by molar-refractivity contribution is -0.123. The SMILES string of the molecule is NC(=O)[C@@H](c1ccccc1)N1CCN(c2nc(-c3ccccc3)c3ccccc3n2)CC1. The van der Waals surface area contributed by atoms with Gasteiger partial charge in [0.05, 0.1) is 11.2 Å². The van der Waals surface area contributed by atoms with Crippen molar-refractivity contribution >= 4 is 22.8 Å². The number of fused-ring (bicyclic) bond motifs is 1. The van der Waals surface area contributed by atoms with E-state index in [0.717, 1.165) is 46.8 Å². The fourth-order valence-corrected chi connectivity index (χ4v) is 4.39. The molecule has 0 saturated carbocycles. The first-order valence-electron chi connectivity index (χ1n) is 10.9. The lowest BCUT2D eigenvalue weighted by Crippen LogP contribution is -2.50. The number of hydrogen-bond acceptors (Lipinski definition) is 5. The molecule has 6 nitrogen and oxygen atoms in total. The molecular weight excluding hydrogens is 398 g/mol. The zero-order valence-electron chi connectivity index (χ0n) is 17.8. The van der Waals surface area contributed by atoms with E-state index in [1.165, 1.54) is 0 Å². The van der Waals surface area contributed by atoms with Crippen LogP contribution in [-0.4, -0.2) is 47.0 Å². The zero-order chi connectivity index (χ0) is 21.9. The molecule has 5 rings (SSSR count). The molecule has 160 valence electrons. The highest BCUT2D eigenvalue weighted by atomic mass is 16.1.